The minimum Gasteiger partial charge on any atom is -0.508 e. The summed E-state index contributed by atoms with van der Waals surface area (Å²) in [6.07, 6.45) is 0.771. The van der Waals surface area contributed by atoms with Gasteiger partial charge >= 0.3 is 6.09 Å². The lowest BCUT2D eigenvalue weighted by Crippen LogP contribution is -2.54. The van der Waals surface area contributed by atoms with E-state index in [0.29, 0.717) is 24.2 Å². The first-order chi connectivity index (χ1) is 17.3. The van der Waals surface area contributed by atoms with Gasteiger partial charge in [0.2, 0.25) is 5.91 Å². The molecule has 0 fully saturated rings. The number of nitrogens with one attached hydrogen (secondary N) is 2. The number of rotatable bonds is 10. The van der Waals surface area contributed by atoms with Crippen LogP contribution in [-0.2, 0) is 14.3 Å². The van der Waals surface area contributed by atoms with E-state index in [9.17, 15) is 19.5 Å². The van der Waals surface area contributed by atoms with E-state index in [0.717, 1.165) is 12.0 Å². The van der Waals surface area contributed by atoms with Gasteiger partial charge in [-0.15, -0.1) is 0 Å². The molecule has 0 saturated heterocycles. The number of carbonyl (C=O) groups is 3. The molecule has 3 amide bonds. The van der Waals surface area contributed by atoms with Gasteiger partial charge in [-0.3, -0.25) is 9.59 Å². The van der Waals surface area contributed by atoms with E-state index in [1.54, 1.807) is 39.0 Å². The van der Waals surface area contributed by atoms with Crippen molar-refractivity contribution in [2.24, 2.45) is 5.92 Å². The number of phenolic OH excluding ortho intramolecular Hbond substituents is 1. The number of alkyl carbamates (subject to hydrolysis) is 1. The summed E-state index contributed by atoms with van der Waals surface area (Å²) in [5.74, 6) is -0.972. The normalized spacial score (nSPS) is 13.0. The van der Waals surface area contributed by atoms with Gasteiger partial charge in [0.1, 0.15) is 23.4 Å². The fourth-order valence-electron chi connectivity index (χ4n) is 3.87. The second-order valence-electron chi connectivity index (χ2n) is 10.6. The van der Waals surface area contributed by atoms with E-state index in [2.05, 4.69) is 10.6 Å². The number of unbranched alkanes of at least 4 members (excludes halogenated alkanes) is 1. The van der Waals surface area contributed by atoms with Gasteiger partial charge in [0.15, 0.2) is 0 Å². The summed E-state index contributed by atoms with van der Waals surface area (Å²) in [5.41, 5.74) is 1.36. The molecule has 0 aliphatic heterocycles. The highest BCUT2D eigenvalue weighted by Gasteiger charge is 2.37. The van der Waals surface area contributed by atoms with Gasteiger partial charge in [-0.2, -0.15) is 0 Å². The van der Waals surface area contributed by atoms with Crippen molar-refractivity contribution >= 4 is 23.6 Å². The van der Waals surface area contributed by atoms with Crippen LogP contribution in [-0.4, -0.2) is 46.1 Å². The third kappa shape index (κ3) is 8.81. The molecule has 0 heterocycles. The number of amides is 3. The lowest BCUT2D eigenvalue weighted by atomic mass is 9.98. The summed E-state index contributed by atoms with van der Waals surface area (Å²) >= 11 is 0. The predicted octanol–water partition coefficient (Wildman–Crippen LogP) is 5.56. The molecule has 0 radical (unpaired) electrons. The second kappa shape index (κ2) is 13.1. The maximum absolute atomic E-state index is 14.0. The van der Waals surface area contributed by atoms with E-state index in [1.165, 1.54) is 17.0 Å². The van der Waals surface area contributed by atoms with Gasteiger partial charge in [-0.05, 0) is 69.4 Å². The summed E-state index contributed by atoms with van der Waals surface area (Å²) in [6.45, 7) is 13.1. The molecule has 8 heteroatoms. The van der Waals surface area contributed by atoms with Crippen LogP contribution >= 0.6 is 0 Å². The van der Waals surface area contributed by atoms with Gasteiger partial charge in [0, 0.05) is 12.2 Å². The third-order valence-electron chi connectivity index (χ3n) is 5.81. The highest BCUT2D eigenvalue weighted by molar-refractivity contribution is 5.99. The molecule has 3 N–H and O–H groups in total. The summed E-state index contributed by atoms with van der Waals surface area (Å²) in [4.78, 5) is 41.9. The molecule has 8 nitrogen and oxygen atoms in total. The number of nitrogens with zero attached hydrogens (tertiary/aromatic N) is 1. The molecule has 202 valence electrons. The van der Waals surface area contributed by atoms with Crippen LogP contribution in [0.15, 0.2) is 48.5 Å². The monoisotopic (exact) mass is 511 g/mol. The van der Waals surface area contributed by atoms with E-state index in [-0.39, 0.29) is 23.5 Å². The van der Waals surface area contributed by atoms with Gasteiger partial charge in [0.25, 0.3) is 5.91 Å². The number of aryl methyl sites for hydroxylation is 1. The zero-order valence-corrected chi connectivity index (χ0v) is 23.0. The number of aromatic hydroxyl groups is 1. The van der Waals surface area contributed by atoms with Gasteiger partial charge < -0.3 is 25.4 Å². The van der Waals surface area contributed by atoms with Crippen molar-refractivity contribution in [3.63, 3.8) is 0 Å². The Morgan fingerprint density at radius 3 is 2.19 bits per heavy atom. The van der Waals surface area contributed by atoms with E-state index in [1.807, 2.05) is 45.9 Å². The fourth-order valence-corrected chi connectivity index (χ4v) is 3.87. The number of hydrogen-bond donors (Lipinski definition) is 3. The molecule has 0 aliphatic carbocycles. The maximum Gasteiger partial charge on any atom is 0.408 e. The smallest absolute Gasteiger partial charge is 0.408 e. The topological polar surface area (TPSA) is 108 Å². The minimum atomic E-state index is -0.985. The molecule has 0 aliphatic rings. The van der Waals surface area contributed by atoms with Crippen LogP contribution in [0.5, 0.6) is 5.75 Å². The zero-order valence-electron chi connectivity index (χ0n) is 23.0. The number of phenols is 1. The van der Waals surface area contributed by atoms with E-state index < -0.39 is 23.8 Å². The number of carbonyl (C=O) groups excluding carboxylic acids is 3. The van der Waals surface area contributed by atoms with Crippen molar-refractivity contribution in [3.05, 3.63) is 59.7 Å². The Morgan fingerprint density at radius 2 is 1.65 bits per heavy atom. The van der Waals surface area contributed by atoms with Crippen molar-refractivity contribution in [2.45, 2.75) is 79.0 Å². The Kier molecular flexibility index (Phi) is 10.5. The van der Waals surface area contributed by atoms with Gasteiger partial charge in [-0.25, -0.2) is 4.79 Å². The molecule has 2 atom stereocenters. The highest BCUT2D eigenvalue weighted by atomic mass is 16.6. The van der Waals surface area contributed by atoms with Crippen LogP contribution in [0.1, 0.15) is 71.6 Å². The number of benzene rings is 2. The molecule has 0 spiro atoms. The first kappa shape index (κ1) is 29.7. The Morgan fingerprint density at radius 1 is 1.03 bits per heavy atom. The SMILES string of the molecule is CCCCN(C(=O)C(NC(=O)OC(C)(C)C)C(C)C)C(C(=O)Nc1ccccc1C)c1ccc(O)cc1. The molecule has 2 aromatic rings. The Balaban J connectivity index is 2.51. The number of para-hydroxylation sites is 1. The van der Waals surface area contributed by atoms with Gasteiger partial charge in [-0.1, -0.05) is 57.5 Å². The van der Waals surface area contributed by atoms with Crippen LogP contribution in [0.2, 0.25) is 0 Å². The molecule has 2 rings (SSSR count). The lowest BCUT2D eigenvalue weighted by molar-refractivity contribution is -0.141. The van der Waals surface area contributed by atoms with Crippen molar-refractivity contribution < 1.29 is 24.2 Å². The average molecular weight is 512 g/mol. The minimum absolute atomic E-state index is 0.0555. The summed E-state index contributed by atoms with van der Waals surface area (Å²) in [7, 11) is 0. The van der Waals surface area contributed by atoms with Crippen molar-refractivity contribution in [1.29, 1.82) is 0 Å². The van der Waals surface area contributed by atoms with E-state index >= 15 is 0 Å². The molecule has 0 aromatic heterocycles. The predicted molar refractivity (Wildman–Crippen MR) is 145 cm³/mol. The molecule has 2 unspecified atom stereocenters. The molecular weight excluding hydrogens is 470 g/mol. The molecule has 0 saturated carbocycles. The third-order valence-corrected chi connectivity index (χ3v) is 5.81. The highest BCUT2D eigenvalue weighted by Crippen LogP contribution is 2.28. The van der Waals surface area contributed by atoms with Crippen molar-refractivity contribution in [2.75, 3.05) is 11.9 Å². The standard InChI is InChI=1S/C29H41N3O5/c1-8-9-18-32(27(35)24(19(2)3)31-28(36)37-29(5,6)7)25(21-14-16-22(33)17-15-21)26(34)30-23-13-11-10-12-20(23)4/h10-17,19,24-25,33H,8-9,18H2,1-7H3,(H,30,34)(H,31,36). The van der Waals surface area contributed by atoms with Crippen molar-refractivity contribution in [1.82, 2.24) is 10.2 Å². The van der Waals surface area contributed by atoms with Crippen LogP contribution in [0, 0.1) is 12.8 Å². The Bertz CT molecular complexity index is 1060. The Labute approximate surface area is 220 Å². The number of ether oxygens (including phenoxy) is 1. The molecular formula is C29H41N3O5. The zero-order chi connectivity index (χ0) is 27.8. The van der Waals surface area contributed by atoms with Crippen LogP contribution < -0.4 is 10.6 Å². The second-order valence-corrected chi connectivity index (χ2v) is 10.6. The summed E-state index contributed by atoms with van der Waals surface area (Å²) in [5, 5.41) is 15.5. The fraction of sp³-hybridized carbons (Fsp3) is 0.483. The average Bonchev–Trinajstić information content (AvgIpc) is 2.80. The lowest BCUT2D eigenvalue weighted by Gasteiger charge is -2.35. The summed E-state index contributed by atoms with van der Waals surface area (Å²) in [6, 6.07) is 11.8. The van der Waals surface area contributed by atoms with Crippen LogP contribution in [0.4, 0.5) is 10.5 Å². The van der Waals surface area contributed by atoms with Gasteiger partial charge in [0.05, 0.1) is 0 Å². The first-order valence-electron chi connectivity index (χ1n) is 12.8. The van der Waals surface area contributed by atoms with Crippen LogP contribution in [0.3, 0.4) is 0 Å². The summed E-state index contributed by atoms with van der Waals surface area (Å²) < 4.78 is 5.40. The molecule has 37 heavy (non-hydrogen) atoms. The Hall–Kier alpha value is -3.55. The van der Waals surface area contributed by atoms with Crippen molar-refractivity contribution in [3.8, 4) is 5.75 Å². The van der Waals surface area contributed by atoms with E-state index in [4.69, 9.17) is 4.74 Å². The van der Waals surface area contributed by atoms with Crippen LogP contribution in [0.25, 0.3) is 0 Å². The molecule has 2 aromatic carbocycles. The largest absolute Gasteiger partial charge is 0.508 e. The number of anilines is 1. The quantitative estimate of drug-likeness (QED) is 0.387. The number of hydrogen-bond acceptors (Lipinski definition) is 5. The molecule has 0 bridgehead atoms. The first-order valence-corrected chi connectivity index (χ1v) is 12.8. The maximum atomic E-state index is 14.0.